The number of para-hydroxylation sites is 2. The smallest absolute Gasteiger partial charge is 0.213 e. The highest BCUT2D eigenvalue weighted by Gasteiger charge is 2.25. The van der Waals surface area contributed by atoms with Crippen LogP contribution in [0.3, 0.4) is 0 Å². The molecule has 2 aliphatic heterocycles. The molecule has 16 heteroatoms. The van der Waals surface area contributed by atoms with Crippen molar-refractivity contribution in [2.75, 3.05) is 11.5 Å². The maximum absolute atomic E-state index is 5.01. The van der Waals surface area contributed by atoms with Gasteiger partial charge in [0.1, 0.15) is 0 Å². The van der Waals surface area contributed by atoms with Crippen molar-refractivity contribution in [2.45, 2.75) is 46.0 Å². The number of rotatable bonds is 10. The Morgan fingerprint density at radius 1 is 0.558 bits per heavy atom. The summed E-state index contributed by atoms with van der Waals surface area (Å²) >= 11 is 6.54. The SMILES string of the molecule is Cc1c(C2=Nn3c(nnc3SCc3ccccc3CSc3nnc4n3N=C(c3cnn(-c5ccccc5)c3C)CS4)SC2)cnn1-c1ccccc1. The van der Waals surface area contributed by atoms with Gasteiger partial charge < -0.3 is 0 Å². The lowest BCUT2D eigenvalue weighted by Gasteiger charge is -2.14. The van der Waals surface area contributed by atoms with Crippen LogP contribution in [0.5, 0.6) is 0 Å². The van der Waals surface area contributed by atoms with Crippen LogP contribution in [0.25, 0.3) is 11.4 Å². The van der Waals surface area contributed by atoms with Crippen molar-refractivity contribution in [3.05, 3.63) is 131 Å². The van der Waals surface area contributed by atoms with Gasteiger partial charge in [-0.3, -0.25) is 0 Å². The monoisotopic (exact) mass is 758 g/mol. The number of thioether (sulfide) groups is 4. The van der Waals surface area contributed by atoms with Gasteiger partial charge in [-0.25, -0.2) is 9.36 Å². The second-order valence-corrected chi connectivity index (χ2v) is 15.7. The Bertz CT molecular complexity index is 2290. The third-order valence-electron chi connectivity index (χ3n) is 8.76. The van der Waals surface area contributed by atoms with Crippen molar-refractivity contribution in [2.24, 2.45) is 10.2 Å². The molecular formula is C36H30N12S4. The molecule has 12 nitrogen and oxygen atoms in total. The summed E-state index contributed by atoms with van der Waals surface area (Å²) in [4.78, 5) is 0. The minimum Gasteiger partial charge on any atom is -0.237 e. The molecule has 9 rings (SSSR count). The molecule has 3 aromatic carbocycles. The Morgan fingerprint density at radius 3 is 1.42 bits per heavy atom. The van der Waals surface area contributed by atoms with Crippen LogP contribution < -0.4 is 0 Å². The van der Waals surface area contributed by atoms with Crippen LogP contribution >= 0.6 is 47.0 Å². The van der Waals surface area contributed by atoms with Crippen molar-refractivity contribution in [3.63, 3.8) is 0 Å². The lowest BCUT2D eigenvalue weighted by Crippen LogP contribution is -2.14. The van der Waals surface area contributed by atoms with E-state index in [2.05, 4.69) is 93.0 Å². The zero-order chi connectivity index (χ0) is 35.0. The molecule has 2 aliphatic rings. The summed E-state index contributed by atoms with van der Waals surface area (Å²) in [5.74, 6) is 2.85. The normalized spacial score (nSPS) is 13.8. The Labute approximate surface area is 316 Å². The second kappa shape index (κ2) is 14.3. The van der Waals surface area contributed by atoms with E-state index in [0.717, 1.165) is 77.4 Å². The first-order chi connectivity index (χ1) is 25.6. The highest BCUT2D eigenvalue weighted by molar-refractivity contribution is 8.00. The summed E-state index contributed by atoms with van der Waals surface area (Å²) in [6.45, 7) is 4.16. The molecule has 0 spiro atoms. The number of benzene rings is 3. The van der Waals surface area contributed by atoms with Crippen molar-refractivity contribution in [1.82, 2.24) is 49.3 Å². The van der Waals surface area contributed by atoms with Gasteiger partial charge >= 0.3 is 0 Å². The van der Waals surface area contributed by atoms with Gasteiger partial charge in [0.05, 0.1) is 46.6 Å². The van der Waals surface area contributed by atoms with E-state index in [-0.39, 0.29) is 0 Å². The first-order valence-corrected chi connectivity index (χ1v) is 20.4. The molecule has 0 radical (unpaired) electrons. The maximum Gasteiger partial charge on any atom is 0.213 e. The van der Waals surface area contributed by atoms with Crippen molar-refractivity contribution >= 4 is 58.5 Å². The number of hydrogen-bond donors (Lipinski definition) is 0. The summed E-state index contributed by atoms with van der Waals surface area (Å²) in [5.41, 5.74) is 10.5. The molecule has 0 fully saturated rings. The summed E-state index contributed by atoms with van der Waals surface area (Å²) < 4.78 is 7.64. The predicted molar refractivity (Wildman–Crippen MR) is 208 cm³/mol. The fraction of sp³-hybridized carbons (Fsp3) is 0.167. The minimum absolute atomic E-state index is 0.706. The summed E-state index contributed by atoms with van der Waals surface area (Å²) in [7, 11) is 0. The van der Waals surface area contributed by atoms with E-state index in [1.54, 1.807) is 47.0 Å². The molecule has 4 aromatic heterocycles. The minimum atomic E-state index is 0.706. The molecule has 0 aliphatic carbocycles. The molecule has 0 atom stereocenters. The summed E-state index contributed by atoms with van der Waals surface area (Å²) in [6, 6.07) is 28.8. The van der Waals surface area contributed by atoms with Gasteiger partial charge in [-0.1, -0.05) is 108 Å². The van der Waals surface area contributed by atoms with Crippen LogP contribution in [0.2, 0.25) is 0 Å². The Hall–Kier alpha value is -4.90. The lowest BCUT2D eigenvalue weighted by molar-refractivity contribution is 0.693. The molecular weight excluding hydrogens is 729 g/mol. The molecule has 0 amide bonds. The van der Waals surface area contributed by atoms with Gasteiger partial charge in [0, 0.05) is 34.1 Å². The van der Waals surface area contributed by atoms with E-state index in [4.69, 9.17) is 10.2 Å². The quantitative estimate of drug-likeness (QED) is 0.133. The molecule has 0 unspecified atom stereocenters. The van der Waals surface area contributed by atoms with Gasteiger partial charge in [0.25, 0.3) is 0 Å². The van der Waals surface area contributed by atoms with Crippen molar-refractivity contribution < 1.29 is 0 Å². The van der Waals surface area contributed by atoms with E-state index in [9.17, 15) is 0 Å². The third-order valence-corrected chi connectivity index (χ3v) is 12.6. The van der Waals surface area contributed by atoms with Gasteiger partial charge in [0.15, 0.2) is 0 Å². The largest absolute Gasteiger partial charge is 0.237 e. The van der Waals surface area contributed by atoms with Gasteiger partial charge in [-0.05, 0) is 49.2 Å². The average molecular weight is 759 g/mol. The topological polar surface area (TPSA) is 122 Å². The van der Waals surface area contributed by atoms with Gasteiger partial charge in [-0.2, -0.15) is 29.8 Å². The van der Waals surface area contributed by atoms with E-state index < -0.39 is 0 Å². The van der Waals surface area contributed by atoms with E-state index in [1.165, 1.54) is 11.1 Å². The molecule has 52 heavy (non-hydrogen) atoms. The van der Waals surface area contributed by atoms with Gasteiger partial charge in [0.2, 0.25) is 20.6 Å². The zero-order valence-corrected chi connectivity index (χ0v) is 31.3. The average Bonchev–Trinajstić information content (AvgIpc) is 3.99. The van der Waals surface area contributed by atoms with Crippen molar-refractivity contribution in [1.29, 1.82) is 0 Å². The molecule has 7 aromatic rings. The first kappa shape index (κ1) is 33.0. The van der Waals surface area contributed by atoms with Crippen LogP contribution in [0.4, 0.5) is 0 Å². The summed E-state index contributed by atoms with van der Waals surface area (Å²) in [5, 5.41) is 40.4. The molecule has 0 N–H and O–H groups in total. The lowest BCUT2D eigenvalue weighted by atomic mass is 10.1. The van der Waals surface area contributed by atoms with Crippen LogP contribution in [0.1, 0.15) is 33.6 Å². The first-order valence-electron chi connectivity index (χ1n) is 16.5. The number of fused-ring (bicyclic) bond motifs is 2. The molecule has 0 saturated heterocycles. The predicted octanol–water partition coefficient (Wildman–Crippen LogP) is 7.16. The number of hydrogen-bond acceptors (Lipinski definition) is 12. The van der Waals surface area contributed by atoms with Gasteiger partial charge in [-0.15, -0.1) is 20.4 Å². The van der Waals surface area contributed by atoms with Crippen molar-refractivity contribution in [3.8, 4) is 11.4 Å². The van der Waals surface area contributed by atoms with Crippen LogP contribution in [0.15, 0.2) is 128 Å². The molecule has 6 heterocycles. The Balaban J connectivity index is 0.904. The zero-order valence-electron chi connectivity index (χ0n) is 28.1. The van der Waals surface area contributed by atoms with E-state index >= 15 is 0 Å². The van der Waals surface area contributed by atoms with Crippen LogP contribution in [0, 0.1) is 13.8 Å². The highest BCUT2D eigenvalue weighted by atomic mass is 32.2. The fourth-order valence-electron chi connectivity index (χ4n) is 6.03. The van der Waals surface area contributed by atoms with Crippen LogP contribution in [-0.2, 0) is 11.5 Å². The fourth-order valence-corrected chi connectivity index (χ4v) is 9.63. The molecule has 0 bridgehead atoms. The molecule has 258 valence electrons. The number of nitrogens with zero attached hydrogens (tertiary/aromatic N) is 12. The standard InChI is InChI=1S/C36H30N12S4/c1-23-29(17-37-45(23)27-13-5-3-6-14-27)31-21-51-35-41-39-33(47(35)43-31)49-19-25-11-9-10-12-26(25)20-50-34-40-42-36-48(34)44-32(22-52-36)30-18-38-46(24(30)2)28-15-7-4-8-16-28/h3-18H,19-22H2,1-2H3. The maximum atomic E-state index is 5.01. The molecule has 0 saturated carbocycles. The van der Waals surface area contributed by atoms with Crippen LogP contribution in [-0.4, -0.2) is 72.2 Å². The second-order valence-electron chi connectivity index (χ2n) is 12.0. The Morgan fingerprint density at radius 2 is 0.981 bits per heavy atom. The number of aromatic nitrogens is 10. The van der Waals surface area contributed by atoms with E-state index in [1.807, 2.05) is 67.5 Å². The highest BCUT2D eigenvalue weighted by Crippen LogP contribution is 2.34. The third kappa shape index (κ3) is 6.29. The summed E-state index contributed by atoms with van der Waals surface area (Å²) in [6.07, 6.45) is 3.80. The van der Waals surface area contributed by atoms with E-state index in [0.29, 0.717) is 11.5 Å². The Kier molecular flexibility index (Phi) is 9.04.